The Morgan fingerprint density at radius 2 is 2.03 bits per heavy atom. The molecule has 0 amide bonds. The Kier molecular flexibility index (Phi) is 5.02. The van der Waals surface area contributed by atoms with E-state index in [-0.39, 0.29) is 17.1 Å². The second kappa shape index (κ2) is 7.37. The number of rotatable bonds is 3. The zero-order valence-corrected chi connectivity index (χ0v) is 17.9. The van der Waals surface area contributed by atoms with Crippen LogP contribution in [-0.4, -0.2) is 43.2 Å². The lowest BCUT2D eigenvalue weighted by Crippen LogP contribution is -2.42. The molecule has 2 aromatic heterocycles. The molecule has 0 spiro atoms. The van der Waals surface area contributed by atoms with Gasteiger partial charge in [-0.2, -0.15) is 0 Å². The molecule has 0 saturated carbocycles. The van der Waals surface area contributed by atoms with Crippen molar-refractivity contribution >= 4 is 10.9 Å². The van der Waals surface area contributed by atoms with E-state index in [1.54, 1.807) is 0 Å². The predicted molar refractivity (Wildman–Crippen MR) is 114 cm³/mol. The lowest BCUT2D eigenvalue weighted by atomic mass is 9.95. The number of fused-ring (bicyclic) bond motifs is 1. The van der Waals surface area contributed by atoms with E-state index in [0.29, 0.717) is 11.5 Å². The van der Waals surface area contributed by atoms with Gasteiger partial charge in [-0.3, -0.25) is 9.69 Å². The van der Waals surface area contributed by atoms with E-state index < -0.39 is 0 Å². The first-order valence-electron chi connectivity index (χ1n) is 10.4. The number of aryl methyl sites for hydroxylation is 1. The molecule has 0 radical (unpaired) electrons. The molecular weight excluding hydrogens is 364 g/mol. The van der Waals surface area contributed by atoms with E-state index in [4.69, 9.17) is 0 Å². The normalized spacial score (nSPS) is 19.6. The minimum absolute atomic E-state index is 0.0743. The SMILES string of the molecule is Cc1ccc2cc([C@@H](c3nnnn3C(C)(C)C)N3CCC[C@H](C)C3)c(=O)[nH]c2c1. The maximum absolute atomic E-state index is 13.2. The zero-order chi connectivity index (χ0) is 20.8. The first kappa shape index (κ1) is 19.8. The number of aromatic nitrogens is 5. The van der Waals surface area contributed by atoms with Crippen LogP contribution in [-0.2, 0) is 5.54 Å². The summed E-state index contributed by atoms with van der Waals surface area (Å²) in [5.74, 6) is 1.30. The quantitative estimate of drug-likeness (QED) is 0.736. The van der Waals surface area contributed by atoms with Crippen LogP contribution in [0.5, 0.6) is 0 Å². The summed E-state index contributed by atoms with van der Waals surface area (Å²) in [5.41, 5.74) is 2.34. The summed E-state index contributed by atoms with van der Waals surface area (Å²) in [4.78, 5) is 18.7. The summed E-state index contributed by atoms with van der Waals surface area (Å²) in [6.45, 7) is 12.4. The molecule has 3 heterocycles. The highest BCUT2D eigenvalue weighted by Crippen LogP contribution is 2.32. The maximum atomic E-state index is 13.2. The Morgan fingerprint density at radius 3 is 2.76 bits per heavy atom. The molecule has 3 aromatic rings. The Bertz CT molecular complexity index is 1080. The summed E-state index contributed by atoms with van der Waals surface area (Å²) in [6.07, 6.45) is 2.32. The molecule has 0 bridgehead atoms. The number of nitrogens with one attached hydrogen (secondary N) is 1. The number of aromatic amines is 1. The van der Waals surface area contributed by atoms with E-state index in [1.807, 2.05) is 23.7 Å². The van der Waals surface area contributed by atoms with Crippen LogP contribution >= 0.6 is 0 Å². The van der Waals surface area contributed by atoms with Crippen LogP contribution < -0.4 is 5.56 Å². The third-order valence-electron chi connectivity index (χ3n) is 5.75. The van der Waals surface area contributed by atoms with Gasteiger partial charge in [-0.05, 0) is 86.5 Å². The van der Waals surface area contributed by atoms with Gasteiger partial charge in [0, 0.05) is 17.6 Å². The van der Waals surface area contributed by atoms with Crippen LogP contribution in [0.25, 0.3) is 10.9 Å². The number of hydrogen-bond donors (Lipinski definition) is 1. The highest BCUT2D eigenvalue weighted by molar-refractivity contribution is 5.79. The van der Waals surface area contributed by atoms with Crippen molar-refractivity contribution in [1.82, 2.24) is 30.1 Å². The van der Waals surface area contributed by atoms with Gasteiger partial charge in [0.15, 0.2) is 5.82 Å². The second-order valence-electron chi connectivity index (χ2n) is 9.41. The van der Waals surface area contributed by atoms with Crippen molar-refractivity contribution in [2.45, 2.75) is 59.0 Å². The average Bonchev–Trinajstić information content (AvgIpc) is 3.12. The molecular formula is C22H30N6O. The molecule has 29 heavy (non-hydrogen) atoms. The number of pyridine rings is 1. The maximum Gasteiger partial charge on any atom is 0.253 e. The van der Waals surface area contributed by atoms with Gasteiger partial charge in [-0.25, -0.2) is 4.68 Å². The third-order valence-corrected chi connectivity index (χ3v) is 5.75. The fourth-order valence-corrected chi connectivity index (χ4v) is 4.34. The summed E-state index contributed by atoms with van der Waals surface area (Å²) < 4.78 is 1.86. The van der Waals surface area contributed by atoms with Gasteiger partial charge in [-0.1, -0.05) is 19.1 Å². The molecule has 1 fully saturated rings. The predicted octanol–water partition coefficient (Wildman–Crippen LogP) is 3.40. The number of piperidine rings is 1. The summed E-state index contributed by atoms with van der Waals surface area (Å²) in [6, 6.07) is 7.88. The Balaban J connectivity index is 1.91. The lowest BCUT2D eigenvalue weighted by Gasteiger charge is -2.37. The summed E-state index contributed by atoms with van der Waals surface area (Å²) in [7, 11) is 0. The van der Waals surface area contributed by atoms with Crippen LogP contribution in [0.2, 0.25) is 0 Å². The van der Waals surface area contributed by atoms with Crippen molar-refractivity contribution in [3.05, 3.63) is 51.6 Å². The van der Waals surface area contributed by atoms with Crippen LogP contribution in [0.1, 0.15) is 63.5 Å². The molecule has 1 aliphatic rings. The third kappa shape index (κ3) is 3.83. The molecule has 7 nitrogen and oxygen atoms in total. The van der Waals surface area contributed by atoms with Gasteiger partial charge in [0.2, 0.25) is 0 Å². The largest absolute Gasteiger partial charge is 0.322 e. The van der Waals surface area contributed by atoms with E-state index in [2.05, 4.69) is 65.2 Å². The first-order chi connectivity index (χ1) is 13.7. The number of hydrogen-bond acceptors (Lipinski definition) is 5. The molecule has 1 N–H and O–H groups in total. The highest BCUT2D eigenvalue weighted by Gasteiger charge is 2.34. The molecule has 0 aliphatic carbocycles. The van der Waals surface area contributed by atoms with Crippen molar-refractivity contribution in [2.75, 3.05) is 13.1 Å². The van der Waals surface area contributed by atoms with Crippen LogP contribution in [0.4, 0.5) is 0 Å². The summed E-state index contributed by atoms with van der Waals surface area (Å²) in [5, 5.41) is 13.7. The Labute approximate surface area is 171 Å². The molecule has 1 saturated heterocycles. The molecule has 4 rings (SSSR count). The number of H-pyrrole nitrogens is 1. The molecule has 7 heteroatoms. The Morgan fingerprint density at radius 1 is 1.24 bits per heavy atom. The van der Waals surface area contributed by atoms with Crippen molar-refractivity contribution < 1.29 is 0 Å². The van der Waals surface area contributed by atoms with Gasteiger partial charge < -0.3 is 4.98 Å². The fraction of sp³-hybridized carbons (Fsp3) is 0.545. The van der Waals surface area contributed by atoms with Crippen molar-refractivity contribution in [2.24, 2.45) is 5.92 Å². The van der Waals surface area contributed by atoms with Gasteiger partial charge in [0.1, 0.15) is 6.04 Å². The smallest absolute Gasteiger partial charge is 0.253 e. The van der Waals surface area contributed by atoms with Gasteiger partial charge >= 0.3 is 0 Å². The van der Waals surface area contributed by atoms with Crippen molar-refractivity contribution in [1.29, 1.82) is 0 Å². The van der Waals surface area contributed by atoms with Crippen LogP contribution in [0, 0.1) is 12.8 Å². The lowest BCUT2D eigenvalue weighted by molar-refractivity contribution is 0.137. The van der Waals surface area contributed by atoms with Gasteiger partial charge in [0.25, 0.3) is 5.56 Å². The number of likely N-dealkylation sites (tertiary alicyclic amines) is 1. The molecule has 1 aromatic carbocycles. The van der Waals surface area contributed by atoms with E-state index in [0.717, 1.165) is 41.8 Å². The number of nitrogens with zero attached hydrogens (tertiary/aromatic N) is 5. The number of tetrazole rings is 1. The van der Waals surface area contributed by atoms with Crippen molar-refractivity contribution in [3.63, 3.8) is 0 Å². The van der Waals surface area contributed by atoms with Crippen LogP contribution in [0.3, 0.4) is 0 Å². The summed E-state index contributed by atoms with van der Waals surface area (Å²) >= 11 is 0. The standard InChI is InChI=1S/C22H30N6O/c1-14-8-9-16-12-17(21(29)23-18(16)11-14)19(27-10-6-7-15(2)13-27)20-24-25-26-28(20)22(3,4)5/h8-9,11-12,15,19H,6-7,10,13H2,1-5H3,(H,23,29)/t15-,19-/m0/s1. The van der Waals surface area contributed by atoms with E-state index >= 15 is 0 Å². The minimum atomic E-state index is -0.279. The average molecular weight is 395 g/mol. The zero-order valence-electron chi connectivity index (χ0n) is 17.9. The molecule has 1 aliphatic heterocycles. The Hall–Kier alpha value is -2.54. The molecule has 154 valence electrons. The van der Waals surface area contributed by atoms with Crippen LogP contribution in [0.15, 0.2) is 29.1 Å². The topological polar surface area (TPSA) is 79.7 Å². The van der Waals surface area contributed by atoms with E-state index in [9.17, 15) is 4.79 Å². The second-order valence-corrected chi connectivity index (χ2v) is 9.41. The first-order valence-corrected chi connectivity index (χ1v) is 10.4. The van der Waals surface area contributed by atoms with Crippen molar-refractivity contribution in [3.8, 4) is 0 Å². The molecule has 2 atom stereocenters. The minimum Gasteiger partial charge on any atom is -0.322 e. The van der Waals surface area contributed by atoms with Gasteiger partial charge in [-0.15, -0.1) is 5.10 Å². The van der Waals surface area contributed by atoms with E-state index in [1.165, 1.54) is 6.42 Å². The highest BCUT2D eigenvalue weighted by atomic mass is 16.1. The monoisotopic (exact) mass is 394 g/mol. The fourth-order valence-electron chi connectivity index (χ4n) is 4.34. The van der Waals surface area contributed by atoms with Gasteiger partial charge in [0.05, 0.1) is 5.54 Å². The number of benzene rings is 1. The molecule has 0 unspecified atom stereocenters.